The minimum Gasteiger partial charge on any atom is -0.480 e. The van der Waals surface area contributed by atoms with Gasteiger partial charge in [-0.25, -0.2) is 4.79 Å². The van der Waals surface area contributed by atoms with Crippen molar-refractivity contribution in [2.24, 2.45) is 0 Å². The van der Waals surface area contributed by atoms with E-state index >= 15 is 0 Å². The van der Waals surface area contributed by atoms with Crippen LogP contribution in [0.1, 0.15) is 24.0 Å². The maximum atomic E-state index is 12.7. The van der Waals surface area contributed by atoms with Crippen LogP contribution in [0.2, 0.25) is 0 Å². The van der Waals surface area contributed by atoms with E-state index in [1.807, 2.05) is 0 Å². The summed E-state index contributed by atoms with van der Waals surface area (Å²) in [4.78, 5) is 12.7. The molecular formula is C13H12F3NO2S. The first-order chi connectivity index (χ1) is 9.30. The van der Waals surface area contributed by atoms with E-state index in [1.54, 1.807) is 0 Å². The average molecular weight is 303 g/mol. The molecular weight excluding hydrogens is 291 g/mol. The van der Waals surface area contributed by atoms with Gasteiger partial charge in [0.2, 0.25) is 0 Å². The summed E-state index contributed by atoms with van der Waals surface area (Å²) in [5, 5.41) is 9.08. The highest BCUT2D eigenvalue weighted by Gasteiger charge is 2.34. The van der Waals surface area contributed by atoms with Crippen molar-refractivity contribution in [2.75, 3.05) is 6.54 Å². The Labute approximate surface area is 119 Å². The first-order valence-electron chi connectivity index (χ1n) is 6.02. The van der Waals surface area contributed by atoms with E-state index in [-0.39, 0.29) is 10.6 Å². The molecule has 0 bridgehead atoms. The Kier molecular flexibility index (Phi) is 3.99. The van der Waals surface area contributed by atoms with Gasteiger partial charge in [-0.3, -0.25) is 0 Å². The van der Waals surface area contributed by atoms with E-state index in [2.05, 4.69) is 0 Å². The topological polar surface area (TPSA) is 40.5 Å². The molecule has 1 heterocycles. The third-order valence-electron chi connectivity index (χ3n) is 3.24. The lowest BCUT2D eigenvalue weighted by molar-refractivity contribution is -0.141. The van der Waals surface area contributed by atoms with Crippen LogP contribution in [0.3, 0.4) is 0 Å². The number of benzene rings is 1. The third kappa shape index (κ3) is 2.92. The van der Waals surface area contributed by atoms with E-state index in [4.69, 9.17) is 17.3 Å². The van der Waals surface area contributed by atoms with Crippen LogP contribution in [-0.2, 0) is 11.0 Å². The summed E-state index contributed by atoms with van der Waals surface area (Å²) < 4.78 is 38.0. The maximum Gasteiger partial charge on any atom is 0.416 e. The van der Waals surface area contributed by atoms with Crippen molar-refractivity contribution in [3.8, 4) is 0 Å². The van der Waals surface area contributed by atoms with Crippen LogP contribution in [0, 0.1) is 0 Å². The number of halogens is 3. The van der Waals surface area contributed by atoms with Gasteiger partial charge in [0.1, 0.15) is 11.0 Å². The fourth-order valence-corrected chi connectivity index (χ4v) is 2.61. The van der Waals surface area contributed by atoms with Crippen LogP contribution in [-0.4, -0.2) is 33.6 Å². The third-order valence-corrected chi connectivity index (χ3v) is 3.71. The highest BCUT2D eigenvalue weighted by Crippen LogP contribution is 2.30. The fourth-order valence-electron chi connectivity index (χ4n) is 2.26. The number of hydrogen-bond acceptors (Lipinski definition) is 2. The molecule has 0 radical (unpaired) electrons. The minimum atomic E-state index is -4.44. The van der Waals surface area contributed by atoms with Crippen molar-refractivity contribution in [2.45, 2.75) is 25.1 Å². The Morgan fingerprint density at radius 2 is 2.10 bits per heavy atom. The summed E-state index contributed by atoms with van der Waals surface area (Å²) in [7, 11) is 0. The molecule has 3 nitrogen and oxygen atoms in total. The fraction of sp³-hybridized carbons (Fsp3) is 0.385. The summed E-state index contributed by atoms with van der Waals surface area (Å²) in [6.07, 6.45) is -3.33. The number of alkyl halides is 3. The molecule has 1 N–H and O–H groups in total. The van der Waals surface area contributed by atoms with E-state index in [9.17, 15) is 18.0 Å². The second-order valence-corrected chi connectivity index (χ2v) is 4.96. The van der Waals surface area contributed by atoms with Gasteiger partial charge in [0.15, 0.2) is 0 Å². The molecule has 1 fully saturated rings. The lowest BCUT2D eigenvalue weighted by Crippen LogP contribution is -2.39. The molecule has 0 spiro atoms. The number of thiocarbonyl (C=S) groups is 1. The molecule has 1 aromatic rings. The average Bonchev–Trinajstić information content (AvgIpc) is 2.86. The Bertz CT molecular complexity index is 545. The molecule has 1 aliphatic heterocycles. The van der Waals surface area contributed by atoms with Crippen molar-refractivity contribution in [1.82, 2.24) is 4.90 Å². The lowest BCUT2D eigenvalue weighted by Gasteiger charge is -2.24. The Morgan fingerprint density at radius 3 is 2.70 bits per heavy atom. The molecule has 0 amide bonds. The molecule has 7 heteroatoms. The van der Waals surface area contributed by atoms with Gasteiger partial charge in [-0.15, -0.1) is 0 Å². The Morgan fingerprint density at radius 1 is 1.40 bits per heavy atom. The largest absolute Gasteiger partial charge is 0.480 e. The van der Waals surface area contributed by atoms with Gasteiger partial charge in [0.25, 0.3) is 0 Å². The van der Waals surface area contributed by atoms with Gasteiger partial charge in [0, 0.05) is 12.1 Å². The predicted octanol–water partition coefficient (Wildman–Crippen LogP) is 2.93. The molecule has 1 saturated heterocycles. The van der Waals surface area contributed by atoms with E-state index < -0.39 is 23.8 Å². The molecule has 0 aliphatic carbocycles. The zero-order valence-corrected chi connectivity index (χ0v) is 11.2. The number of nitrogens with zero attached hydrogens (tertiary/aromatic N) is 1. The van der Waals surface area contributed by atoms with Crippen LogP contribution in [0.4, 0.5) is 13.2 Å². The monoisotopic (exact) mass is 303 g/mol. The van der Waals surface area contributed by atoms with Gasteiger partial charge >= 0.3 is 12.1 Å². The van der Waals surface area contributed by atoms with Crippen molar-refractivity contribution in [3.05, 3.63) is 35.4 Å². The zero-order chi connectivity index (χ0) is 14.9. The summed E-state index contributed by atoms with van der Waals surface area (Å²) in [5.74, 6) is -1.00. The molecule has 108 valence electrons. The van der Waals surface area contributed by atoms with Gasteiger partial charge < -0.3 is 10.0 Å². The molecule has 1 aliphatic rings. The van der Waals surface area contributed by atoms with Gasteiger partial charge in [-0.05, 0) is 25.0 Å². The molecule has 2 rings (SSSR count). The summed E-state index contributed by atoms with van der Waals surface area (Å²) in [5.41, 5.74) is -0.564. The lowest BCUT2D eigenvalue weighted by atomic mass is 10.1. The summed E-state index contributed by atoms with van der Waals surface area (Å²) in [6.45, 7) is 0.450. The zero-order valence-electron chi connectivity index (χ0n) is 10.4. The quantitative estimate of drug-likeness (QED) is 0.853. The summed E-state index contributed by atoms with van der Waals surface area (Å²) >= 11 is 5.15. The van der Waals surface area contributed by atoms with E-state index in [0.717, 1.165) is 12.1 Å². The predicted molar refractivity (Wildman–Crippen MR) is 70.5 cm³/mol. The minimum absolute atomic E-state index is 0.154. The first-order valence-corrected chi connectivity index (χ1v) is 6.42. The highest BCUT2D eigenvalue weighted by atomic mass is 32.1. The van der Waals surface area contributed by atoms with Crippen LogP contribution in [0.5, 0.6) is 0 Å². The number of carbonyl (C=O) groups is 1. The SMILES string of the molecule is O=C(O)C1CCCN1C(=S)c1cccc(C(F)(F)F)c1. The second kappa shape index (κ2) is 5.40. The number of aliphatic carboxylic acids is 1. The van der Waals surface area contributed by atoms with Crippen LogP contribution in [0.15, 0.2) is 24.3 Å². The van der Waals surface area contributed by atoms with Gasteiger partial charge in [-0.2, -0.15) is 13.2 Å². The number of carboxylic acids is 1. The second-order valence-electron chi connectivity index (χ2n) is 4.57. The van der Waals surface area contributed by atoms with Gasteiger partial charge in [-0.1, -0.05) is 24.4 Å². The number of carboxylic acid groups (broad SMARTS) is 1. The molecule has 0 saturated carbocycles. The van der Waals surface area contributed by atoms with Crippen molar-refractivity contribution in [3.63, 3.8) is 0 Å². The molecule has 20 heavy (non-hydrogen) atoms. The number of rotatable bonds is 2. The van der Waals surface area contributed by atoms with Crippen molar-refractivity contribution >= 4 is 23.2 Å². The van der Waals surface area contributed by atoms with Crippen molar-refractivity contribution < 1.29 is 23.1 Å². The van der Waals surface area contributed by atoms with Crippen molar-refractivity contribution in [1.29, 1.82) is 0 Å². The van der Waals surface area contributed by atoms with Crippen LogP contribution < -0.4 is 0 Å². The van der Waals surface area contributed by atoms with E-state index in [1.165, 1.54) is 17.0 Å². The van der Waals surface area contributed by atoms with Gasteiger partial charge in [0.05, 0.1) is 5.56 Å². The van der Waals surface area contributed by atoms with Crippen LogP contribution >= 0.6 is 12.2 Å². The van der Waals surface area contributed by atoms with Crippen LogP contribution in [0.25, 0.3) is 0 Å². The highest BCUT2D eigenvalue weighted by molar-refractivity contribution is 7.80. The summed E-state index contributed by atoms with van der Waals surface area (Å²) in [6, 6.07) is 3.91. The maximum absolute atomic E-state index is 12.7. The normalized spacial score (nSPS) is 19.1. The molecule has 1 unspecified atom stereocenters. The number of hydrogen-bond donors (Lipinski definition) is 1. The first kappa shape index (κ1) is 14.8. The standard InChI is InChI=1S/C13H12F3NO2S/c14-13(15,16)9-4-1-3-8(7-9)11(20)17-6-2-5-10(17)12(18)19/h1,3-4,7,10H,2,5-6H2,(H,18,19). The smallest absolute Gasteiger partial charge is 0.416 e. The molecule has 0 aromatic heterocycles. The Hall–Kier alpha value is -1.63. The Balaban J connectivity index is 2.28. The van der Waals surface area contributed by atoms with E-state index in [0.29, 0.717) is 19.4 Å². The molecule has 1 atom stereocenters. The number of likely N-dealkylation sites (tertiary alicyclic amines) is 1. The molecule has 1 aromatic carbocycles.